The van der Waals surface area contributed by atoms with E-state index < -0.39 is 0 Å². The van der Waals surface area contributed by atoms with Gasteiger partial charge in [0.15, 0.2) is 11.5 Å². The minimum absolute atomic E-state index is 0.176. The van der Waals surface area contributed by atoms with E-state index >= 15 is 0 Å². The van der Waals surface area contributed by atoms with Gasteiger partial charge < -0.3 is 14.8 Å². The monoisotopic (exact) mass is 399 g/mol. The lowest BCUT2D eigenvalue weighted by Crippen LogP contribution is -2.26. The lowest BCUT2D eigenvalue weighted by Gasteiger charge is -2.17. The standard InChI is InChI=1S/C24H21N3O3/c1-29-21-9-8-18-23(28)22(14-20-16-4-2-3-5-19(16)26-27-20)30-24(18)17(21)7-6-15-10-12-25-13-11-15/h2-5,8-9,14-15,25H,10-13H2,1H3,(H,26,27)/b22-14-. The van der Waals surface area contributed by atoms with Crippen LogP contribution in [0.15, 0.2) is 42.2 Å². The molecule has 0 spiro atoms. The Morgan fingerprint density at radius 3 is 2.87 bits per heavy atom. The van der Waals surface area contributed by atoms with Crippen molar-refractivity contribution in [2.45, 2.75) is 12.8 Å². The minimum atomic E-state index is -0.176. The number of carbonyl (C=O) groups is 1. The molecule has 1 saturated heterocycles. The smallest absolute Gasteiger partial charge is 0.232 e. The first-order valence-corrected chi connectivity index (χ1v) is 10.0. The SMILES string of the molecule is COc1ccc2c(c1C#CC1CCNCC1)O/C(=C\c1n[nH]c3ccccc13)C2=O. The number of carbonyl (C=O) groups excluding carboxylic acids is 1. The number of aromatic nitrogens is 2. The zero-order chi connectivity index (χ0) is 20.5. The maximum absolute atomic E-state index is 13.0. The summed E-state index contributed by atoms with van der Waals surface area (Å²) in [4.78, 5) is 13.0. The van der Waals surface area contributed by atoms with Crippen LogP contribution in [0.1, 0.15) is 34.5 Å². The summed E-state index contributed by atoms with van der Waals surface area (Å²) in [6, 6.07) is 11.3. The molecule has 0 saturated carbocycles. The molecule has 0 atom stereocenters. The summed E-state index contributed by atoms with van der Waals surface area (Å²) >= 11 is 0. The van der Waals surface area contributed by atoms with Crippen LogP contribution < -0.4 is 14.8 Å². The van der Waals surface area contributed by atoms with Gasteiger partial charge in [-0.15, -0.1) is 0 Å². The lowest BCUT2D eigenvalue weighted by atomic mass is 9.98. The zero-order valence-corrected chi connectivity index (χ0v) is 16.6. The fourth-order valence-electron chi connectivity index (χ4n) is 3.88. The number of methoxy groups -OCH3 is 1. The van der Waals surface area contributed by atoms with Gasteiger partial charge in [0.1, 0.15) is 11.3 Å². The minimum Gasteiger partial charge on any atom is -0.495 e. The van der Waals surface area contributed by atoms with Gasteiger partial charge >= 0.3 is 0 Å². The number of allylic oxidation sites excluding steroid dienone is 1. The Labute approximate surface area is 174 Å². The third kappa shape index (κ3) is 3.23. The highest BCUT2D eigenvalue weighted by Gasteiger charge is 2.31. The topological polar surface area (TPSA) is 76.2 Å². The number of ether oxygens (including phenoxy) is 2. The Kier molecular flexibility index (Phi) is 4.74. The van der Waals surface area contributed by atoms with E-state index in [-0.39, 0.29) is 11.5 Å². The summed E-state index contributed by atoms with van der Waals surface area (Å²) in [6.07, 6.45) is 3.71. The van der Waals surface area contributed by atoms with Crippen LogP contribution in [-0.4, -0.2) is 36.2 Å². The maximum atomic E-state index is 13.0. The van der Waals surface area contributed by atoms with Crippen LogP contribution >= 0.6 is 0 Å². The third-order valence-electron chi connectivity index (χ3n) is 5.53. The molecule has 0 aliphatic carbocycles. The molecule has 0 radical (unpaired) electrons. The van der Waals surface area contributed by atoms with Gasteiger partial charge in [0.2, 0.25) is 5.78 Å². The molecule has 2 aromatic carbocycles. The number of hydrogen-bond acceptors (Lipinski definition) is 5. The van der Waals surface area contributed by atoms with Crippen molar-refractivity contribution in [1.29, 1.82) is 0 Å². The van der Waals surface area contributed by atoms with Crippen molar-refractivity contribution in [3.05, 3.63) is 59.0 Å². The molecule has 3 heterocycles. The number of para-hydroxylation sites is 1. The molecule has 5 rings (SSSR count). The van der Waals surface area contributed by atoms with E-state index in [2.05, 4.69) is 27.4 Å². The van der Waals surface area contributed by atoms with Crippen LogP contribution in [0.3, 0.4) is 0 Å². The van der Waals surface area contributed by atoms with Crippen molar-refractivity contribution >= 4 is 22.8 Å². The maximum Gasteiger partial charge on any atom is 0.232 e. The van der Waals surface area contributed by atoms with Crippen LogP contribution in [0.25, 0.3) is 17.0 Å². The van der Waals surface area contributed by atoms with Crippen molar-refractivity contribution in [3.63, 3.8) is 0 Å². The van der Waals surface area contributed by atoms with Crippen molar-refractivity contribution in [3.8, 4) is 23.3 Å². The number of aromatic amines is 1. The Balaban J connectivity index is 1.53. The molecule has 30 heavy (non-hydrogen) atoms. The number of ketones is 1. The van der Waals surface area contributed by atoms with Crippen LogP contribution in [0.2, 0.25) is 0 Å². The van der Waals surface area contributed by atoms with E-state index in [1.54, 1.807) is 25.3 Å². The van der Waals surface area contributed by atoms with Crippen molar-refractivity contribution < 1.29 is 14.3 Å². The van der Waals surface area contributed by atoms with Crippen molar-refractivity contribution in [1.82, 2.24) is 15.5 Å². The predicted molar refractivity (Wildman–Crippen MR) is 114 cm³/mol. The Hall–Kier alpha value is -3.56. The molecule has 1 aromatic heterocycles. The van der Waals surface area contributed by atoms with Gasteiger partial charge in [-0.2, -0.15) is 5.10 Å². The van der Waals surface area contributed by atoms with E-state index in [1.165, 1.54) is 0 Å². The summed E-state index contributed by atoms with van der Waals surface area (Å²) < 4.78 is 11.5. The summed E-state index contributed by atoms with van der Waals surface area (Å²) in [5.41, 5.74) is 2.69. The normalized spacial score (nSPS) is 17.5. The van der Waals surface area contributed by atoms with Crippen LogP contribution in [0.4, 0.5) is 0 Å². The molecule has 6 heteroatoms. The summed E-state index contributed by atoms with van der Waals surface area (Å²) in [6.45, 7) is 1.95. The van der Waals surface area contributed by atoms with Crippen LogP contribution in [-0.2, 0) is 0 Å². The molecular formula is C24H21N3O3. The van der Waals surface area contributed by atoms with Crippen molar-refractivity contribution in [2.75, 3.05) is 20.2 Å². The molecule has 2 aliphatic rings. The van der Waals surface area contributed by atoms with Crippen LogP contribution in [0.5, 0.6) is 11.5 Å². The number of H-pyrrole nitrogens is 1. The highest BCUT2D eigenvalue weighted by atomic mass is 16.5. The van der Waals surface area contributed by atoms with Gasteiger partial charge in [0.05, 0.1) is 23.9 Å². The molecule has 0 unspecified atom stereocenters. The predicted octanol–water partition coefficient (Wildman–Crippen LogP) is 3.54. The number of fused-ring (bicyclic) bond motifs is 2. The number of hydrogen-bond donors (Lipinski definition) is 2. The fourth-order valence-corrected chi connectivity index (χ4v) is 3.88. The quantitative estimate of drug-likeness (QED) is 0.509. The molecule has 2 N–H and O–H groups in total. The molecule has 6 nitrogen and oxygen atoms in total. The third-order valence-corrected chi connectivity index (χ3v) is 5.53. The lowest BCUT2D eigenvalue weighted by molar-refractivity contribution is 0.101. The molecular weight excluding hydrogens is 378 g/mol. The molecule has 150 valence electrons. The van der Waals surface area contributed by atoms with E-state index in [0.29, 0.717) is 34.2 Å². The van der Waals surface area contributed by atoms with E-state index in [9.17, 15) is 4.79 Å². The number of benzene rings is 2. The van der Waals surface area contributed by atoms with Crippen LogP contribution in [0, 0.1) is 17.8 Å². The molecule has 0 amide bonds. The summed E-state index contributed by atoms with van der Waals surface area (Å²) in [5.74, 6) is 8.04. The molecule has 3 aromatic rings. The largest absolute Gasteiger partial charge is 0.495 e. The second-order valence-electron chi connectivity index (χ2n) is 7.41. The number of piperidine rings is 1. The zero-order valence-electron chi connectivity index (χ0n) is 16.6. The first-order valence-electron chi connectivity index (χ1n) is 10.0. The molecule has 2 aliphatic heterocycles. The fraction of sp³-hybridized carbons (Fsp3) is 0.250. The second-order valence-corrected chi connectivity index (χ2v) is 7.41. The van der Waals surface area contributed by atoms with Gasteiger partial charge in [-0.05, 0) is 44.1 Å². The van der Waals surface area contributed by atoms with E-state index in [1.807, 2.05) is 24.3 Å². The molecule has 0 bridgehead atoms. The summed E-state index contributed by atoms with van der Waals surface area (Å²) in [5, 5.41) is 11.6. The number of Topliss-reactive ketones (excluding diaryl/α,β-unsaturated/α-hetero) is 1. The van der Waals surface area contributed by atoms with E-state index in [4.69, 9.17) is 9.47 Å². The average Bonchev–Trinajstić information content (AvgIpc) is 3.34. The Morgan fingerprint density at radius 2 is 2.03 bits per heavy atom. The van der Waals surface area contributed by atoms with E-state index in [0.717, 1.165) is 36.8 Å². The number of rotatable bonds is 2. The second kappa shape index (κ2) is 7.69. The highest BCUT2D eigenvalue weighted by Crippen LogP contribution is 2.39. The van der Waals surface area contributed by atoms with Gasteiger partial charge in [0, 0.05) is 17.4 Å². The average molecular weight is 399 g/mol. The number of nitrogens with zero attached hydrogens (tertiary/aromatic N) is 1. The number of nitrogens with one attached hydrogen (secondary N) is 2. The first kappa shape index (κ1) is 18.5. The van der Waals surface area contributed by atoms with Gasteiger partial charge in [-0.3, -0.25) is 9.89 Å². The summed E-state index contributed by atoms with van der Waals surface area (Å²) in [7, 11) is 1.60. The first-order chi connectivity index (χ1) is 14.7. The Bertz CT molecular complexity index is 1220. The van der Waals surface area contributed by atoms with Gasteiger partial charge in [-0.25, -0.2) is 0 Å². The molecule has 1 fully saturated rings. The Morgan fingerprint density at radius 1 is 1.20 bits per heavy atom. The highest BCUT2D eigenvalue weighted by molar-refractivity contribution is 6.15. The van der Waals surface area contributed by atoms with Gasteiger partial charge in [0.25, 0.3) is 0 Å². The van der Waals surface area contributed by atoms with Crippen molar-refractivity contribution in [2.24, 2.45) is 5.92 Å². The van der Waals surface area contributed by atoms with Gasteiger partial charge in [-0.1, -0.05) is 30.0 Å².